The van der Waals surface area contributed by atoms with Crippen molar-refractivity contribution in [3.05, 3.63) is 71.4 Å². The van der Waals surface area contributed by atoms with Gasteiger partial charge in [0.05, 0.1) is 28.0 Å². The zero-order chi connectivity index (χ0) is 23.6. The number of halogens is 1. The van der Waals surface area contributed by atoms with Crippen LogP contribution < -0.4 is 5.32 Å². The number of fused-ring (bicyclic) bond motifs is 1. The minimum Gasteiger partial charge on any atom is -0.374 e. The number of benzene rings is 1. The number of likely N-dealkylation sites (N-methyl/N-ethyl adjacent to an activating group) is 1. The van der Waals surface area contributed by atoms with Crippen LogP contribution in [-0.4, -0.2) is 39.5 Å². The van der Waals surface area contributed by atoms with E-state index in [0.29, 0.717) is 30.1 Å². The highest BCUT2D eigenvalue weighted by Gasteiger charge is 2.27. The summed E-state index contributed by atoms with van der Waals surface area (Å²) >= 11 is 6.38. The third-order valence-electron chi connectivity index (χ3n) is 5.60. The number of ether oxygens (including phenoxy) is 1. The average Bonchev–Trinajstić information content (AvgIpc) is 2.77. The molecule has 0 saturated heterocycles. The Labute approximate surface area is 200 Å². The van der Waals surface area contributed by atoms with Crippen LogP contribution in [0.1, 0.15) is 33.5 Å². The lowest BCUT2D eigenvalue weighted by molar-refractivity contribution is 0.128. The molecule has 3 heterocycles. The maximum Gasteiger partial charge on any atom is 0.157 e. The zero-order valence-corrected chi connectivity index (χ0v) is 20.5. The second-order valence-corrected chi connectivity index (χ2v) is 9.64. The molecule has 0 spiro atoms. The van der Waals surface area contributed by atoms with Crippen molar-refractivity contribution >= 4 is 28.3 Å². The topological polar surface area (TPSA) is 63.2 Å². The normalized spacial score (nSPS) is 16.2. The van der Waals surface area contributed by atoms with E-state index in [1.54, 1.807) is 6.20 Å². The molecule has 3 aromatic rings. The van der Waals surface area contributed by atoms with E-state index in [4.69, 9.17) is 26.3 Å². The van der Waals surface area contributed by atoms with E-state index in [1.807, 2.05) is 37.3 Å². The van der Waals surface area contributed by atoms with Gasteiger partial charge in [0.15, 0.2) is 5.82 Å². The lowest BCUT2D eigenvalue weighted by atomic mass is 9.85. The van der Waals surface area contributed by atoms with Crippen LogP contribution in [-0.2, 0) is 11.3 Å². The summed E-state index contributed by atoms with van der Waals surface area (Å²) in [7, 11) is 2.10. The molecule has 0 fully saturated rings. The van der Waals surface area contributed by atoms with Gasteiger partial charge in [-0.25, -0.2) is 9.97 Å². The number of nitrogens with zero attached hydrogens (tertiary/aromatic N) is 4. The molecule has 0 saturated carbocycles. The Morgan fingerprint density at radius 3 is 2.70 bits per heavy atom. The molecule has 0 bridgehead atoms. The first-order valence-electron chi connectivity index (χ1n) is 11.1. The van der Waals surface area contributed by atoms with E-state index in [9.17, 15) is 0 Å². The fraction of sp³-hybridized carbons (Fsp3) is 0.346. The summed E-state index contributed by atoms with van der Waals surface area (Å²) in [6.07, 6.45) is 8.21. The molecular weight excluding hydrogens is 434 g/mol. The molecule has 6 nitrogen and oxygen atoms in total. The number of anilines is 1. The number of pyridine rings is 1. The van der Waals surface area contributed by atoms with E-state index in [-0.39, 0.29) is 5.41 Å². The summed E-state index contributed by atoms with van der Waals surface area (Å²) in [4.78, 5) is 16.2. The number of allylic oxidation sites excluding steroid dienone is 1. The molecule has 0 aliphatic carbocycles. The van der Waals surface area contributed by atoms with Crippen molar-refractivity contribution in [3.63, 3.8) is 0 Å². The van der Waals surface area contributed by atoms with Crippen LogP contribution >= 0.6 is 11.6 Å². The van der Waals surface area contributed by atoms with Crippen molar-refractivity contribution in [2.24, 2.45) is 5.41 Å². The third-order valence-corrected chi connectivity index (χ3v) is 5.91. The standard InChI is InChI=1S/C26H30ClN5O/c1-6-33-16-23-30-21-14-17(24-20(27)8-7-13-28-24)9-11-19(21)25(31-23)29-18-10-12-22(26(2,3)4)32(5)15-18/h7-15,22H,6,16H2,1-5H3,(H,29,30,31). The van der Waals surface area contributed by atoms with Crippen LogP contribution in [0.4, 0.5) is 5.82 Å². The average molecular weight is 464 g/mol. The molecule has 1 N–H and O–H groups in total. The highest BCUT2D eigenvalue weighted by Crippen LogP contribution is 2.32. The predicted octanol–water partition coefficient (Wildman–Crippen LogP) is 6.05. The molecule has 2 aromatic heterocycles. The Hall–Kier alpha value is -2.96. The van der Waals surface area contributed by atoms with Gasteiger partial charge in [0.1, 0.15) is 12.4 Å². The number of rotatable bonds is 6. The fourth-order valence-corrected chi connectivity index (χ4v) is 4.29. The second kappa shape index (κ2) is 9.49. The van der Waals surface area contributed by atoms with Crippen molar-refractivity contribution in [1.29, 1.82) is 0 Å². The number of aromatic nitrogens is 3. The van der Waals surface area contributed by atoms with Crippen LogP contribution in [0.15, 0.2) is 60.6 Å². The molecule has 33 heavy (non-hydrogen) atoms. The predicted molar refractivity (Wildman–Crippen MR) is 135 cm³/mol. The molecule has 1 aromatic carbocycles. The summed E-state index contributed by atoms with van der Waals surface area (Å²) in [6.45, 7) is 9.63. The van der Waals surface area contributed by atoms with Gasteiger partial charge >= 0.3 is 0 Å². The van der Waals surface area contributed by atoms with Gasteiger partial charge in [-0.05, 0) is 42.7 Å². The van der Waals surface area contributed by atoms with Gasteiger partial charge in [-0.2, -0.15) is 0 Å². The highest BCUT2D eigenvalue weighted by molar-refractivity contribution is 6.33. The van der Waals surface area contributed by atoms with Gasteiger partial charge < -0.3 is 15.0 Å². The fourth-order valence-electron chi connectivity index (χ4n) is 4.06. The van der Waals surface area contributed by atoms with Crippen LogP contribution in [0.2, 0.25) is 5.02 Å². The highest BCUT2D eigenvalue weighted by atomic mass is 35.5. The van der Waals surface area contributed by atoms with Gasteiger partial charge in [0.25, 0.3) is 0 Å². The minimum atomic E-state index is 0.142. The molecule has 0 radical (unpaired) electrons. The number of hydrogen-bond donors (Lipinski definition) is 1. The largest absolute Gasteiger partial charge is 0.374 e. The van der Waals surface area contributed by atoms with Crippen molar-refractivity contribution in [2.75, 3.05) is 19.0 Å². The minimum absolute atomic E-state index is 0.142. The quantitative estimate of drug-likeness (QED) is 0.480. The van der Waals surface area contributed by atoms with E-state index in [2.05, 4.69) is 61.4 Å². The summed E-state index contributed by atoms with van der Waals surface area (Å²) in [5.74, 6) is 1.37. The monoisotopic (exact) mass is 463 g/mol. The van der Waals surface area contributed by atoms with Crippen molar-refractivity contribution in [3.8, 4) is 11.3 Å². The summed E-state index contributed by atoms with van der Waals surface area (Å²) < 4.78 is 5.59. The Balaban J connectivity index is 1.73. The first-order valence-corrected chi connectivity index (χ1v) is 11.5. The van der Waals surface area contributed by atoms with E-state index >= 15 is 0 Å². The van der Waals surface area contributed by atoms with Crippen LogP contribution in [0, 0.1) is 5.41 Å². The Morgan fingerprint density at radius 1 is 1.18 bits per heavy atom. The molecule has 7 heteroatoms. The van der Waals surface area contributed by atoms with Gasteiger partial charge in [-0.1, -0.05) is 44.5 Å². The Morgan fingerprint density at radius 2 is 2.00 bits per heavy atom. The molecular formula is C26H30ClN5O. The van der Waals surface area contributed by atoms with Crippen LogP contribution in [0.25, 0.3) is 22.2 Å². The van der Waals surface area contributed by atoms with Gasteiger partial charge in [-0.3, -0.25) is 4.98 Å². The zero-order valence-electron chi connectivity index (χ0n) is 19.8. The van der Waals surface area contributed by atoms with E-state index < -0.39 is 0 Å². The van der Waals surface area contributed by atoms with E-state index in [1.165, 1.54) is 0 Å². The van der Waals surface area contributed by atoms with Gasteiger partial charge in [0.2, 0.25) is 0 Å². The summed E-state index contributed by atoms with van der Waals surface area (Å²) in [5, 5.41) is 5.02. The maximum absolute atomic E-state index is 6.38. The van der Waals surface area contributed by atoms with Crippen molar-refractivity contribution in [2.45, 2.75) is 40.3 Å². The van der Waals surface area contributed by atoms with Gasteiger partial charge in [-0.15, -0.1) is 0 Å². The lowest BCUT2D eigenvalue weighted by Crippen LogP contribution is -2.39. The first kappa shape index (κ1) is 23.2. The van der Waals surface area contributed by atoms with Crippen molar-refractivity contribution < 1.29 is 4.74 Å². The molecule has 1 atom stereocenters. The van der Waals surface area contributed by atoms with Crippen molar-refractivity contribution in [1.82, 2.24) is 19.9 Å². The lowest BCUT2D eigenvalue weighted by Gasteiger charge is -2.37. The second-order valence-electron chi connectivity index (χ2n) is 9.24. The molecule has 1 aliphatic rings. The Kier molecular flexibility index (Phi) is 6.68. The third kappa shape index (κ3) is 5.18. The number of hydrogen-bond acceptors (Lipinski definition) is 6. The molecule has 0 amide bonds. The van der Waals surface area contributed by atoms with Gasteiger partial charge in [0, 0.05) is 37.0 Å². The molecule has 1 unspecified atom stereocenters. The van der Waals surface area contributed by atoms with E-state index in [0.717, 1.165) is 33.7 Å². The summed E-state index contributed by atoms with van der Waals surface area (Å²) in [5.41, 5.74) is 3.56. The SMILES string of the molecule is CCOCc1nc(NC2=CN(C)C(C(C)(C)C)C=C2)c2ccc(-c3ncccc3Cl)cc2n1. The Bertz CT molecular complexity index is 1220. The molecule has 4 rings (SSSR count). The maximum atomic E-state index is 6.38. The first-order chi connectivity index (χ1) is 15.8. The molecule has 172 valence electrons. The molecule has 1 aliphatic heterocycles. The van der Waals surface area contributed by atoms with Crippen LogP contribution in [0.5, 0.6) is 0 Å². The number of nitrogens with one attached hydrogen (secondary N) is 1. The smallest absolute Gasteiger partial charge is 0.157 e. The summed E-state index contributed by atoms with van der Waals surface area (Å²) in [6, 6.07) is 9.99. The van der Waals surface area contributed by atoms with Crippen LogP contribution in [0.3, 0.4) is 0 Å².